The minimum Gasteiger partial charge on any atom is -0.385 e. The van der Waals surface area contributed by atoms with Crippen LogP contribution >= 0.6 is 23.2 Å². The number of hydrogen-bond donors (Lipinski definition) is 1. The van der Waals surface area contributed by atoms with Crippen LogP contribution in [0, 0.1) is 0 Å². The number of likely N-dealkylation sites (N-methyl/N-ethyl adjacent to an activating group) is 1. The topological polar surface area (TPSA) is 21.3 Å². The van der Waals surface area contributed by atoms with Crippen LogP contribution in [0.4, 0.5) is 0 Å². The van der Waals surface area contributed by atoms with Crippen molar-refractivity contribution < 1.29 is 4.74 Å². The molecule has 4 heteroatoms. The van der Waals surface area contributed by atoms with Gasteiger partial charge in [-0.15, -0.1) is 0 Å². The van der Waals surface area contributed by atoms with E-state index in [1.165, 1.54) is 5.56 Å². The van der Waals surface area contributed by atoms with E-state index in [-0.39, 0.29) is 0 Å². The normalized spacial score (nSPS) is 12.7. The molecule has 0 spiro atoms. The minimum absolute atomic E-state index is 0.447. The van der Waals surface area contributed by atoms with E-state index in [2.05, 4.69) is 5.32 Å². The lowest BCUT2D eigenvalue weighted by atomic mass is 10.0. The Kier molecular flexibility index (Phi) is 6.90. The fourth-order valence-electron chi connectivity index (χ4n) is 1.77. The summed E-state index contributed by atoms with van der Waals surface area (Å²) in [5.74, 6) is 0. The van der Waals surface area contributed by atoms with Gasteiger partial charge in [-0.25, -0.2) is 0 Å². The van der Waals surface area contributed by atoms with Crippen molar-refractivity contribution in [3.8, 4) is 0 Å². The highest BCUT2D eigenvalue weighted by Gasteiger charge is 2.08. The maximum Gasteiger partial charge on any atom is 0.0595 e. The largest absolute Gasteiger partial charge is 0.385 e. The first kappa shape index (κ1) is 14.8. The maximum absolute atomic E-state index is 5.99. The molecule has 0 amide bonds. The van der Waals surface area contributed by atoms with Crippen LogP contribution in [0.15, 0.2) is 18.2 Å². The van der Waals surface area contributed by atoms with Crippen LogP contribution in [0.5, 0.6) is 0 Å². The van der Waals surface area contributed by atoms with Gasteiger partial charge in [0, 0.05) is 19.8 Å². The molecule has 1 rings (SSSR count). The van der Waals surface area contributed by atoms with Gasteiger partial charge in [0.25, 0.3) is 0 Å². The molecule has 0 bridgehead atoms. The Bertz CT molecular complexity index is 344. The second kappa shape index (κ2) is 7.93. The van der Waals surface area contributed by atoms with Crippen molar-refractivity contribution in [3.05, 3.63) is 33.8 Å². The van der Waals surface area contributed by atoms with Gasteiger partial charge < -0.3 is 10.1 Å². The second-order valence-corrected chi connectivity index (χ2v) is 4.89. The average Bonchev–Trinajstić information content (AvgIpc) is 2.32. The molecule has 17 heavy (non-hydrogen) atoms. The SMILES string of the molecule is CNC(CCCOC)Cc1ccc(Cl)c(Cl)c1. The molecule has 1 aromatic carbocycles. The lowest BCUT2D eigenvalue weighted by molar-refractivity contribution is 0.189. The Morgan fingerprint density at radius 3 is 2.65 bits per heavy atom. The number of rotatable bonds is 7. The lowest BCUT2D eigenvalue weighted by Crippen LogP contribution is -2.27. The van der Waals surface area contributed by atoms with Crippen molar-refractivity contribution in [3.63, 3.8) is 0 Å². The zero-order valence-corrected chi connectivity index (χ0v) is 11.8. The number of benzene rings is 1. The van der Waals surface area contributed by atoms with Crippen LogP contribution in [0.2, 0.25) is 10.0 Å². The number of ether oxygens (including phenoxy) is 1. The lowest BCUT2D eigenvalue weighted by Gasteiger charge is -2.16. The molecule has 0 aliphatic heterocycles. The Labute approximate surface area is 113 Å². The Balaban J connectivity index is 2.51. The Morgan fingerprint density at radius 1 is 1.29 bits per heavy atom. The minimum atomic E-state index is 0.447. The summed E-state index contributed by atoms with van der Waals surface area (Å²) in [7, 11) is 3.71. The third-order valence-corrected chi connectivity index (χ3v) is 3.51. The predicted octanol–water partition coefficient (Wildman–Crippen LogP) is 3.55. The molecule has 1 unspecified atom stereocenters. The van der Waals surface area contributed by atoms with E-state index in [1.54, 1.807) is 7.11 Å². The van der Waals surface area contributed by atoms with E-state index in [9.17, 15) is 0 Å². The molecule has 96 valence electrons. The molecular weight excluding hydrogens is 257 g/mol. The monoisotopic (exact) mass is 275 g/mol. The first-order chi connectivity index (χ1) is 8.17. The van der Waals surface area contributed by atoms with Gasteiger partial charge in [-0.1, -0.05) is 29.3 Å². The first-order valence-electron chi connectivity index (χ1n) is 5.77. The highest BCUT2D eigenvalue weighted by Crippen LogP contribution is 2.23. The highest BCUT2D eigenvalue weighted by molar-refractivity contribution is 6.42. The van der Waals surface area contributed by atoms with Crippen molar-refractivity contribution in [2.24, 2.45) is 0 Å². The van der Waals surface area contributed by atoms with Crippen LogP contribution in [0.1, 0.15) is 18.4 Å². The third kappa shape index (κ3) is 5.26. The van der Waals surface area contributed by atoms with Gasteiger partial charge >= 0.3 is 0 Å². The summed E-state index contributed by atoms with van der Waals surface area (Å²) in [4.78, 5) is 0. The molecule has 2 nitrogen and oxygen atoms in total. The van der Waals surface area contributed by atoms with Gasteiger partial charge in [0.2, 0.25) is 0 Å². The molecule has 0 aliphatic carbocycles. The second-order valence-electron chi connectivity index (χ2n) is 4.07. The van der Waals surface area contributed by atoms with E-state index in [4.69, 9.17) is 27.9 Å². The summed E-state index contributed by atoms with van der Waals surface area (Å²) >= 11 is 11.9. The van der Waals surface area contributed by atoms with Crippen molar-refractivity contribution in [2.75, 3.05) is 20.8 Å². The van der Waals surface area contributed by atoms with E-state index < -0.39 is 0 Å². The fraction of sp³-hybridized carbons (Fsp3) is 0.538. The number of methoxy groups -OCH3 is 1. The van der Waals surface area contributed by atoms with Crippen molar-refractivity contribution in [1.29, 1.82) is 0 Å². The predicted molar refractivity (Wildman–Crippen MR) is 74.1 cm³/mol. The van der Waals surface area contributed by atoms with Crippen molar-refractivity contribution in [2.45, 2.75) is 25.3 Å². The molecule has 0 saturated carbocycles. The van der Waals surface area contributed by atoms with Crippen LogP contribution < -0.4 is 5.32 Å². The zero-order chi connectivity index (χ0) is 12.7. The molecule has 1 N–H and O–H groups in total. The molecule has 0 radical (unpaired) electrons. The number of halogens is 2. The highest BCUT2D eigenvalue weighted by atomic mass is 35.5. The first-order valence-corrected chi connectivity index (χ1v) is 6.53. The summed E-state index contributed by atoms with van der Waals surface area (Å²) in [5, 5.41) is 4.54. The van der Waals surface area contributed by atoms with Crippen LogP contribution in [-0.4, -0.2) is 26.8 Å². The molecule has 1 aromatic rings. The Morgan fingerprint density at radius 2 is 2.06 bits per heavy atom. The van der Waals surface area contributed by atoms with Gasteiger partial charge in [-0.2, -0.15) is 0 Å². The summed E-state index contributed by atoms with van der Waals surface area (Å²) in [6.07, 6.45) is 3.10. The molecule has 0 aromatic heterocycles. The average molecular weight is 276 g/mol. The van der Waals surface area contributed by atoms with E-state index in [0.29, 0.717) is 16.1 Å². The zero-order valence-electron chi connectivity index (χ0n) is 10.3. The van der Waals surface area contributed by atoms with Crippen molar-refractivity contribution in [1.82, 2.24) is 5.32 Å². The third-order valence-electron chi connectivity index (χ3n) is 2.78. The molecule has 0 fully saturated rings. The molecule has 0 aliphatic rings. The van der Waals surface area contributed by atoms with E-state index >= 15 is 0 Å². The summed E-state index contributed by atoms with van der Waals surface area (Å²) in [6, 6.07) is 6.25. The maximum atomic E-state index is 5.99. The van der Waals surface area contributed by atoms with Gasteiger partial charge in [0.15, 0.2) is 0 Å². The summed E-state index contributed by atoms with van der Waals surface area (Å²) in [5.41, 5.74) is 1.20. The molecule has 0 saturated heterocycles. The smallest absolute Gasteiger partial charge is 0.0595 e. The van der Waals surface area contributed by atoms with Gasteiger partial charge in [0.05, 0.1) is 10.0 Å². The summed E-state index contributed by atoms with van der Waals surface area (Å²) in [6.45, 7) is 0.805. The van der Waals surface area contributed by atoms with Crippen molar-refractivity contribution >= 4 is 23.2 Å². The van der Waals surface area contributed by atoms with Crippen LogP contribution in [0.3, 0.4) is 0 Å². The number of hydrogen-bond acceptors (Lipinski definition) is 2. The van der Waals surface area contributed by atoms with Crippen LogP contribution in [0.25, 0.3) is 0 Å². The molecular formula is C13H19Cl2NO. The molecule has 0 heterocycles. The van der Waals surface area contributed by atoms with E-state index in [1.807, 2.05) is 25.2 Å². The molecule has 1 atom stereocenters. The number of nitrogens with one attached hydrogen (secondary N) is 1. The standard InChI is InChI=1S/C13H19Cl2NO/c1-16-11(4-3-7-17-2)8-10-5-6-12(14)13(15)9-10/h5-6,9,11,16H,3-4,7-8H2,1-2H3. The summed E-state index contributed by atoms with van der Waals surface area (Å²) < 4.78 is 5.06. The van der Waals surface area contributed by atoms with E-state index in [0.717, 1.165) is 25.9 Å². The van der Waals surface area contributed by atoms with Gasteiger partial charge in [-0.3, -0.25) is 0 Å². The van der Waals surface area contributed by atoms with Crippen LogP contribution in [-0.2, 0) is 11.2 Å². The fourth-order valence-corrected chi connectivity index (χ4v) is 2.09. The van der Waals surface area contributed by atoms with Gasteiger partial charge in [-0.05, 0) is 44.0 Å². The van der Waals surface area contributed by atoms with Gasteiger partial charge in [0.1, 0.15) is 0 Å². The Hall–Kier alpha value is -0.280. The quantitative estimate of drug-likeness (QED) is 0.769.